The van der Waals surface area contributed by atoms with E-state index in [1.807, 2.05) is 7.05 Å². The van der Waals surface area contributed by atoms with Crippen molar-refractivity contribution >= 4 is 22.1 Å². The van der Waals surface area contributed by atoms with Crippen LogP contribution in [0.15, 0.2) is 39.7 Å². The van der Waals surface area contributed by atoms with Crippen molar-refractivity contribution in [3.05, 3.63) is 52.5 Å². The maximum Gasteiger partial charge on any atom is 0.297 e. The van der Waals surface area contributed by atoms with Gasteiger partial charge in [0.15, 0.2) is 0 Å². The minimum Gasteiger partial charge on any atom is -0.448 e. The molecule has 0 bridgehead atoms. The third-order valence-electron chi connectivity index (χ3n) is 5.67. The van der Waals surface area contributed by atoms with Gasteiger partial charge in [-0.25, -0.2) is 9.37 Å². The number of hydrogen-bond acceptors (Lipinski definition) is 4. The second-order valence-electron chi connectivity index (χ2n) is 7.08. The van der Waals surface area contributed by atoms with Crippen molar-refractivity contribution in [2.75, 3.05) is 7.05 Å². The van der Waals surface area contributed by atoms with Crippen molar-refractivity contribution in [1.82, 2.24) is 14.5 Å². The highest BCUT2D eigenvalue weighted by atomic mass is 19.1. The molecule has 3 aromatic rings. The van der Waals surface area contributed by atoms with E-state index in [4.69, 9.17) is 9.40 Å². The summed E-state index contributed by atoms with van der Waals surface area (Å²) in [5.74, 6) is 0.590. The van der Waals surface area contributed by atoms with Crippen molar-refractivity contribution in [3.63, 3.8) is 0 Å². The van der Waals surface area contributed by atoms with E-state index < -0.39 is 0 Å². The molecule has 0 radical (unpaired) electrons. The Morgan fingerprint density at radius 2 is 2.20 bits per heavy atom. The quantitative estimate of drug-likeness (QED) is 0.628. The number of nitrogens with zero attached hydrogens (tertiary/aromatic N) is 3. The first kappa shape index (κ1) is 14.7. The zero-order valence-corrected chi connectivity index (χ0v) is 14.0. The second-order valence-corrected chi connectivity index (χ2v) is 7.08. The van der Waals surface area contributed by atoms with E-state index in [9.17, 15) is 9.18 Å². The summed E-state index contributed by atoms with van der Waals surface area (Å²) < 4.78 is 21.0. The molecular formula is C19H18FN3O2. The number of hydrogen-bond donors (Lipinski definition) is 0. The van der Waals surface area contributed by atoms with E-state index in [-0.39, 0.29) is 28.9 Å². The van der Waals surface area contributed by atoms with Crippen molar-refractivity contribution in [1.29, 1.82) is 0 Å². The lowest BCUT2D eigenvalue weighted by Gasteiger charge is -2.24. The Labute approximate surface area is 143 Å². The Morgan fingerprint density at radius 3 is 3.04 bits per heavy atom. The lowest BCUT2D eigenvalue weighted by atomic mass is 10.00. The van der Waals surface area contributed by atoms with Gasteiger partial charge in [0.2, 0.25) is 5.58 Å². The molecule has 3 heterocycles. The van der Waals surface area contributed by atoms with Gasteiger partial charge in [-0.3, -0.25) is 9.36 Å². The molecule has 0 unspecified atom stereocenters. The predicted octanol–water partition coefficient (Wildman–Crippen LogP) is 3.58. The van der Waals surface area contributed by atoms with Gasteiger partial charge in [-0.1, -0.05) is 13.0 Å². The molecule has 0 N–H and O–H groups in total. The van der Waals surface area contributed by atoms with Crippen molar-refractivity contribution in [2.24, 2.45) is 5.92 Å². The average molecular weight is 339 g/mol. The molecule has 2 atom stereocenters. The van der Waals surface area contributed by atoms with Crippen LogP contribution in [0.2, 0.25) is 0 Å². The number of aromatic nitrogens is 2. The van der Waals surface area contributed by atoms with E-state index in [1.54, 1.807) is 10.6 Å². The monoisotopic (exact) mass is 339 g/mol. The van der Waals surface area contributed by atoms with E-state index in [0.29, 0.717) is 23.0 Å². The van der Waals surface area contributed by atoms with Gasteiger partial charge < -0.3 is 9.32 Å². The molecule has 6 heteroatoms. The van der Waals surface area contributed by atoms with Crippen LogP contribution < -0.4 is 5.56 Å². The first-order valence-electron chi connectivity index (χ1n) is 8.57. The molecule has 0 amide bonds. The SMILES string of the molecule is C=C1[C@@H]2CCC[C@H]2n2c(nc3c(oc4cc(F)ccc43)c2=O)CN1C. The Hall–Kier alpha value is -2.63. The Morgan fingerprint density at radius 1 is 1.36 bits per heavy atom. The van der Waals surface area contributed by atoms with Crippen LogP contribution in [0.1, 0.15) is 31.1 Å². The van der Waals surface area contributed by atoms with Crippen LogP contribution in [0.5, 0.6) is 0 Å². The summed E-state index contributed by atoms with van der Waals surface area (Å²) in [6.07, 6.45) is 3.03. The fraction of sp³-hybridized carbons (Fsp3) is 0.368. The first-order valence-corrected chi connectivity index (χ1v) is 8.57. The summed E-state index contributed by atoms with van der Waals surface area (Å²) in [7, 11) is 1.99. The molecule has 25 heavy (non-hydrogen) atoms. The number of furan rings is 1. The van der Waals surface area contributed by atoms with E-state index in [1.165, 1.54) is 12.1 Å². The van der Waals surface area contributed by atoms with Gasteiger partial charge >= 0.3 is 0 Å². The predicted molar refractivity (Wildman–Crippen MR) is 92.7 cm³/mol. The zero-order valence-electron chi connectivity index (χ0n) is 14.0. The third-order valence-corrected chi connectivity index (χ3v) is 5.67. The fourth-order valence-corrected chi connectivity index (χ4v) is 4.41. The van der Waals surface area contributed by atoms with Crippen molar-refractivity contribution in [2.45, 2.75) is 31.8 Å². The number of halogens is 1. The average Bonchev–Trinajstić information content (AvgIpc) is 3.16. The highest BCUT2D eigenvalue weighted by Gasteiger charge is 2.37. The zero-order chi connectivity index (χ0) is 17.3. The molecule has 1 aromatic carbocycles. The number of allylic oxidation sites excluding steroid dienone is 1. The summed E-state index contributed by atoms with van der Waals surface area (Å²) in [6, 6.07) is 4.36. The molecule has 1 aliphatic heterocycles. The van der Waals surface area contributed by atoms with E-state index in [0.717, 1.165) is 30.8 Å². The van der Waals surface area contributed by atoms with Gasteiger partial charge in [0.25, 0.3) is 5.56 Å². The van der Waals surface area contributed by atoms with Gasteiger partial charge in [0, 0.05) is 36.2 Å². The van der Waals surface area contributed by atoms with Crippen LogP contribution >= 0.6 is 0 Å². The molecule has 0 saturated heterocycles. The van der Waals surface area contributed by atoms with Gasteiger partial charge in [0.1, 0.15) is 22.7 Å². The lowest BCUT2D eigenvalue weighted by molar-refractivity contribution is 0.347. The third kappa shape index (κ3) is 1.94. The van der Waals surface area contributed by atoms with Crippen LogP contribution in [0, 0.1) is 11.7 Å². The standard InChI is InChI=1S/C19H18FN3O2/c1-10-12-4-3-5-14(12)23-16(9-22(10)2)21-17-13-7-6-11(20)8-15(13)25-18(17)19(23)24/h6-8,12,14H,1,3-5,9H2,2H3/t12-,14+/m0/s1. The number of fused-ring (bicyclic) bond motifs is 6. The summed E-state index contributed by atoms with van der Waals surface area (Å²) in [4.78, 5) is 20.1. The maximum absolute atomic E-state index is 13.5. The molecule has 0 spiro atoms. The van der Waals surface area contributed by atoms with Crippen LogP contribution in [0.3, 0.4) is 0 Å². The molecule has 2 aromatic heterocycles. The summed E-state index contributed by atoms with van der Waals surface area (Å²) in [6.45, 7) is 4.78. The number of benzene rings is 1. The normalized spacial score (nSPS) is 23.1. The highest BCUT2D eigenvalue weighted by Crippen LogP contribution is 2.43. The summed E-state index contributed by atoms with van der Waals surface area (Å²) >= 11 is 0. The largest absolute Gasteiger partial charge is 0.448 e. The van der Waals surface area contributed by atoms with Crippen LogP contribution in [0.25, 0.3) is 22.1 Å². The summed E-state index contributed by atoms with van der Waals surface area (Å²) in [5, 5.41) is 0.672. The van der Waals surface area contributed by atoms with E-state index >= 15 is 0 Å². The molecular weight excluding hydrogens is 321 g/mol. The molecule has 5 nitrogen and oxygen atoms in total. The number of rotatable bonds is 0. The van der Waals surface area contributed by atoms with Gasteiger partial charge in [-0.2, -0.15) is 0 Å². The Bertz CT molecular complexity index is 1100. The van der Waals surface area contributed by atoms with Crippen LogP contribution in [0.4, 0.5) is 4.39 Å². The molecule has 1 fully saturated rings. The van der Waals surface area contributed by atoms with Crippen LogP contribution in [-0.4, -0.2) is 21.5 Å². The minimum atomic E-state index is -0.389. The first-order chi connectivity index (χ1) is 12.0. The molecule has 128 valence electrons. The van der Waals surface area contributed by atoms with Crippen molar-refractivity contribution in [3.8, 4) is 0 Å². The topological polar surface area (TPSA) is 51.3 Å². The van der Waals surface area contributed by atoms with Crippen LogP contribution in [-0.2, 0) is 6.54 Å². The fourth-order valence-electron chi connectivity index (χ4n) is 4.41. The lowest BCUT2D eigenvalue weighted by Crippen LogP contribution is -2.29. The molecule has 1 saturated carbocycles. The van der Waals surface area contributed by atoms with Gasteiger partial charge in [0.05, 0.1) is 6.54 Å². The summed E-state index contributed by atoms with van der Waals surface area (Å²) in [5.41, 5.74) is 1.99. The Kier molecular flexibility index (Phi) is 2.90. The van der Waals surface area contributed by atoms with Gasteiger partial charge in [-0.15, -0.1) is 0 Å². The van der Waals surface area contributed by atoms with E-state index in [2.05, 4.69) is 11.5 Å². The molecule has 1 aliphatic carbocycles. The highest BCUT2D eigenvalue weighted by molar-refractivity contribution is 6.01. The molecule has 5 rings (SSSR count). The smallest absolute Gasteiger partial charge is 0.297 e. The minimum absolute atomic E-state index is 0.0711. The molecule has 2 aliphatic rings. The second kappa shape index (κ2) is 4.94. The van der Waals surface area contributed by atoms with Gasteiger partial charge in [-0.05, 0) is 25.0 Å². The van der Waals surface area contributed by atoms with Crippen molar-refractivity contribution < 1.29 is 8.81 Å². The Balaban J connectivity index is 1.86. The maximum atomic E-state index is 13.5.